The van der Waals surface area contributed by atoms with Gasteiger partial charge in [0.15, 0.2) is 0 Å². The van der Waals surface area contributed by atoms with E-state index in [0.717, 1.165) is 120 Å². The van der Waals surface area contributed by atoms with Crippen LogP contribution in [0.3, 0.4) is 0 Å². The number of carbonyl (C=O) groups is 3. The highest BCUT2D eigenvalue weighted by atomic mass is 19.1. The van der Waals surface area contributed by atoms with Gasteiger partial charge in [-0.05, 0) is 116 Å². The van der Waals surface area contributed by atoms with Gasteiger partial charge in [0, 0.05) is 63.7 Å². The molecule has 0 radical (unpaired) electrons. The maximum Gasteiger partial charge on any atom is 0.227 e. The van der Waals surface area contributed by atoms with Gasteiger partial charge in [0.05, 0.1) is 12.1 Å². The Balaban J connectivity index is 0.000000439. The van der Waals surface area contributed by atoms with E-state index in [1.54, 1.807) is 6.07 Å². The molecule has 0 aromatic heterocycles. The van der Waals surface area contributed by atoms with E-state index in [1.165, 1.54) is 19.8 Å². The number of aryl methyl sites for hydroxylation is 1. The molecule has 2 saturated heterocycles. The Morgan fingerprint density at radius 3 is 2.19 bits per heavy atom. The van der Waals surface area contributed by atoms with Crippen LogP contribution in [0, 0.1) is 18.7 Å². The minimum Gasteiger partial charge on any atom is -0.494 e. The summed E-state index contributed by atoms with van der Waals surface area (Å²) in [5.74, 6) is 2.37. The molecule has 2 aromatic rings. The third-order valence-corrected chi connectivity index (χ3v) is 11.0. The van der Waals surface area contributed by atoms with Crippen LogP contribution in [0.1, 0.15) is 137 Å². The van der Waals surface area contributed by atoms with Gasteiger partial charge in [-0.1, -0.05) is 98.2 Å². The van der Waals surface area contributed by atoms with Crippen LogP contribution in [0.2, 0.25) is 0 Å². The molecule has 5 rings (SSSR count). The van der Waals surface area contributed by atoms with Gasteiger partial charge in [0.1, 0.15) is 24.0 Å². The van der Waals surface area contributed by atoms with Crippen LogP contribution >= 0.6 is 0 Å². The molecule has 352 valence electrons. The molecule has 2 fully saturated rings. The highest BCUT2D eigenvalue weighted by molar-refractivity contribution is 5.94. The molecular formula is C53H79FN6O4. The number of allylic oxidation sites excluding steroid dienone is 3. The standard InChI is InChI=1S/C31H41N5O2.C12H17F.C6H11NO2.C4H10/c1-7-29(23(4)31-24(5)38-15-13-32-31)35-14-12-27(22(3)20-35)17-33-25(6)34-28-10-8-26(9-11-28)16-30(37)36-18-21(2)19-36;1-4-5-10(3)11-7-6-9(2)8-12(11)13;1-3-4-6(9)7-5(2)8;1-3-4-2/h7-11,17,21,32H,1,3,12-16,18-20H2,2,4-6H3,(H,33,34);6-8,10H,4-5H2,1-3H3;3-4H2,1-2H3,(H,7,8,9);3-4H2,1-2H3/b27-17-,29-23+;;;. The fourth-order valence-electron chi connectivity index (χ4n) is 7.24. The molecule has 3 amide bonds. The first-order chi connectivity index (χ1) is 30.5. The molecule has 0 aliphatic carbocycles. The van der Waals surface area contributed by atoms with E-state index in [1.807, 2.05) is 81.3 Å². The zero-order chi connectivity index (χ0) is 47.8. The van der Waals surface area contributed by atoms with Crippen LogP contribution in [0.4, 0.5) is 10.1 Å². The van der Waals surface area contributed by atoms with Crippen LogP contribution in [-0.4, -0.2) is 72.7 Å². The lowest BCUT2D eigenvalue weighted by Gasteiger charge is -2.37. The van der Waals surface area contributed by atoms with Crippen molar-refractivity contribution < 1.29 is 23.5 Å². The van der Waals surface area contributed by atoms with Crippen LogP contribution in [0.25, 0.3) is 0 Å². The number of piperidine rings is 1. The minimum absolute atomic E-state index is 0.0547. The van der Waals surface area contributed by atoms with Crippen molar-refractivity contribution in [1.82, 2.24) is 20.4 Å². The largest absolute Gasteiger partial charge is 0.494 e. The highest BCUT2D eigenvalue weighted by Crippen LogP contribution is 2.29. The van der Waals surface area contributed by atoms with Crippen molar-refractivity contribution in [3.05, 3.63) is 124 Å². The third-order valence-electron chi connectivity index (χ3n) is 11.0. The summed E-state index contributed by atoms with van der Waals surface area (Å²) in [6, 6.07) is 13.5. The lowest BCUT2D eigenvalue weighted by molar-refractivity contribution is -0.136. The number of aliphatic imine (C=N–C) groups is 1. The van der Waals surface area contributed by atoms with E-state index in [2.05, 4.69) is 80.5 Å². The van der Waals surface area contributed by atoms with Gasteiger partial charge >= 0.3 is 0 Å². The average molecular weight is 883 g/mol. The van der Waals surface area contributed by atoms with Gasteiger partial charge in [-0.3, -0.25) is 19.7 Å². The Labute approximate surface area is 385 Å². The van der Waals surface area contributed by atoms with Gasteiger partial charge in [-0.2, -0.15) is 0 Å². The van der Waals surface area contributed by atoms with Crippen molar-refractivity contribution in [3.8, 4) is 0 Å². The number of rotatable bonds is 13. The summed E-state index contributed by atoms with van der Waals surface area (Å²) >= 11 is 0. The zero-order valence-electron chi connectivity index (χ0n) is 41.0. The molecule has 2 aromatic carbocycles. The van der Waals surface area contributed by atoms with Gasteiger partial charge < -0.3 is 25.2 Å². The molecule has 0 bridgehead atoms. The van der Waals surface area contributed by atoms with Crippen molar-refractivity contribution in [3.63, 3.8) is 0 Å². The number of unbranched alkanes of at least 4 members (excludes halogenated alkanes) is 1. The number of nitrogens with zero attached hydrogens (tertiary/aromatic N) is 3. The highest BCUT2D eigenvalue weighted by Gasteiger charge is 2.27. The first-order valence-electron chi connectivity index (χ1n) is 23.3. The molecule has 64 heavy (non-hydrogen) atoms. The number of likely N-dealkylation sites (tertiary alicyclic amines) is 2. The topological polar surface area (TPSA) is 115 Å². The summed E-state index contributed by atoms with van der Waals surface area (Å²) in [7, 11) is 0. The number of amidine groups is 1. The summed E-state index contributed by atoms with van der Waals surface area (Å²) in [6.45, 7) is 35.2. The van der Waals surface area contributed by atoms with E-state index in [-0.39, 0.29) is 23.5 Å². The summed E-state index contributed by atoms with van der Waals surface area (Å²) in [5.41, 5.74) is 9.34. The normalized spacial score (nSPS) is 16.5. The van der Waals surface area contributed by atoms with Gasteiger partial charge in [-0.15, -0.1) is 0 Å². The predicted octanol–water partition coefficient (Wildman–Crippen LogP) is 11.3. The second-order valence-electron chi connectivity index (χ2n) is 17.0. The zero-order valence-corrected chi connectivity index (χ0v) is 41.0. The van der Waals surface area contributed by atoms with Crippen molar-refractivity contribution in [2.45, 2.75) is 133 Å². The van der Waals surface area contributed by atoms with Gasteiger partial charge in [0.2, 0.25) is 17.7 Å². The monoisotopic (exact) mass is 883 g/mol. The first-order valence-corrected chi connectivity index (χ1v) is 23.3. The van der Waals surface area contributed by atoms with E-state index in [0.29, 0.717) is 31.3 Å². The van der Waals surface area contributed by atoms with Crippen LogP contribution < -0.4 is 16.0 Å². The van der Waals surface area contributed by atoms with Gasteiger partial charge in [0.25, 0.3) is 0 Å². The minimum atomic E-state index is -0.284. The van der Waals surface area contributed by atoms with Crippen molar-refractivity contribution in [1.29, 1.82) is 0 Å². The Morgan fingerprint density at radius 1 is 0.984 bits per heavy atom. The third kappa shape index (κ3) is 19.1. The van der Waals surface area contributed by atoms with Crippen LogP contribution in [0.5, 0.6) is 0 Å². The SMILES string of the molecule is C=C/C(=C(/C)C1=C(C)OCCN1)N1CC/C(=C/N=C(C)Nc2ccc(CC(=O)N3CC(C)C3)cc2)C(=C)C1.CCCC.CCCC(=O)NC(C)=O.CCCC(C)c1ccc(C)cc1F. The Bertz CT molecular complexity index is 1970. The lowest BCUT2D eigenvalue weighted by atomic mass is 9.95. The van der Waals surface area contributed by atoms with E-state index in [9.17, 15) is 18.8 Å². The number of anilines is 1. The smallest absolute Gasteiger partial charge is 0.227 e. The van der Waals surface area contributed by atoms with E-state index < -0.39 is 0 Å². The molecular weight excluding hydrogens is 804 g/mol. The maximum atomic E-state index is 13.4. The number of hydrogen-bond acceptors (Lipinski definition) is 7. The summed E-state index contributed by atoms with van der Waals surface area (Å²) < 4.78 is 19.2. The number of nitrogens with one attached hydrogen (secondary N) is 3. The molecule has 3 aliphatic rings. The van der Waals surface area contributed by atoms with E-state index in [4.69, 9.17) is 4.74 Å². The van der Waals surface area contributed by atoms with Gasteiger partial charge in [-0.25, -0.2) is 9.38 Å². The van der Waals surface area contributed by atoms with Crippen molar-refractivity contribution in [2.75, 3.05) is 44.6 Å². The Morgan fingerprint density at radius 2 is 1.66 bits per heavy atom. The molecule has 0 saturated carbocycles. The van der Waals surface area contributed by atoms with Crippen molar-refractivity contribution in [2.24, 2.45) is 10.9 Å². The number of carbonyl (C=O) groups excluding carboxylic acids is 3. The number of amides is 3. The quantitative estimate of drug-likeness (QED) is 0.104. The molecule has 3 N–H and O–H groups in total. The average Bonchev–Trinajstić information content (AvgIpc) is 3.23. The van der Waals surface area contributed by atoms with E-state index >= 15 is 0 Å². The molecule has 10 nitrogen and oxygen atoms in total. The Hall–Kier alpha value is -5.45. The second kappa shape index (κ2) is 29.1. The number of ether oxygens (including phenoxy) is 1. The summed E-state index contributed by atoms with van der Waals surface area (Å²) in [4.78, 5) is 41.9. The van der Waals surface area contributed by atoms with Crippen LogP contribution in [0.15, 0.2) is 107 Å². The fourth-order valence-corrected chi connectivity index (χ4v) is 7.24. The number of benzene rings is 2. The molecule has 3 aliphatic heterocycles. The number of imide groups is 1. The summed E-state index contributed by atoms with van der Waals surface area (Å²) in [5, 5.41) is 8.97. The molecule has 0 spiro atoms. The number of halogens is 1. The summed E-state index contributed by atoms with van der Waals surface area (Å²) in [6.07, 6.45) is 11.2. The molecule has 3 heterocycles. The predicted molar refractivity (Wildman–Crippen MR) is 264 cm³/mol. The molecule has 1 atom stereocenters. The number of hydrogen-bond donors (Lipinski definition) is 3. The Kier molecular flexibility index (Phi) is 24.8. The van der Waals surface area contributed by atoms with Crippen LogP contribution in [-0.2, 0) is 25.5 Å². The molecule has 11 heteroatoms. The molecule has 1 unspecified atom stereocenters. The first kappa shape index (κ1) is 54.7. The second-order valence-corrected chi connectivity index (χ2v) is 17.0. The fraction of sp³-hybridized carbons (Fsp3) is 0.509. The van der Waals surface area contributed by atoms with Crippen molar-refractivity contribution >= 4 is 29.2 Å². The lowest BCUT2D eigenvalue weighted by Crippen LogP contribution is -2.49. The maximum absolute atomic E-state index is 13.4.